The van der Waals surface area contributed by atoms with E-state index in [2.05, 4.69) is 5.32 Å². The van der Waals surface area contributed by atoms with Crippen LogP contribution in [0.25, 0.3) is 6.08 Å². The van der Waals surface area contributed by atoms with Gasteiger partial charge in [-0.1, -0.05) is 41.4 Å². The number of imide groups is 2. The SMILES string of the molecule is CCOc1cc(/C=C2\C(=O)NC(=O)N(c3ccc(Cl)c(Cl)c3)C2=O)ccc1OCc1cccc([N+](=O)[O-])c1. The van der Waals surface area contributed by atoms with Gasteiger partial charge in [-0.25, -0.2) is 9.69 Å². The third-order valence-corrected chi connectivity index (χ3v) is 6.10. The van der Waals surface area contributed by atoms with Crippen LogP contribution >= 0.6 is 23.2 Å². The first-order valence-corrected chi connectivity index (χ1v) is 11.9. The zero-order chi connectivity index (χ0) is 27.4. The molecule has 0 aromatic heterocycles. The van der Waals surface area contributed by atoms with Crippen LogP contribution in [0.5, 0.6) is 11.5 Å². The number of carbonyl (C=O) groups excluding carboxylic acids is 3. The molecule has 0 saturated carbocycles. The number of barbiturate groups is 1. The van der Waals surface area contributed by atoms with Crippen molar-refractivity contribution in [1.82, 2.24) is 5.32 Å². The van der Waals surface area contributed by atoms with Crippen molar-refractivity contribution in [2.75, 3.05) is 11.5 Å². The molecule has 4 rings (SSSR count). The van der Waals surface area contributed by atoms with Crippen molar-refractivity contribution in [2.24, 2.45) is 0 Å². The molecule has 0 radical (unpaired) electrons. The number of hydrogen-bond donors (Lipinski definition) is 1. The number of non-ortho nitro benzene ring substituents is 1. The molecule has 1 fully saturated rings. The molecule has 38 heavy (non-hydrogen) atoms. The molecular weight excluding hydrogens is 537 g/mol. The molecule has 0 atom stereocenters. The number of nitrogens with zero attached hydrogens (tertiary/aromatic N) is 2. The summed E-state index contributed by atoms with van der Waals surface area (Å²) in [5.41, 5.74) is 0.813. The molecule has 0 bridgehead atoms. The van der Waals surface area contributed by atoms with Gasteiger partial charge in [0, 0.05) is 12.1 Å². The van der Waals surface area contributed by atoms with E-state index in [9.17, 15) is 24.5 Å². The summed E-state index contributed by atoms with van der Waals surface area (Å²) in [6.07, 6.45) is 1.32. The van der Waals surface area contributed by atoms with E-state index in [4.69, 9.17) is 32.7 Å². The molecule has 194 valence electrons. The number of rotatable bonds is 8. The van der Waals surface area contributed by atoms with Crippen molar-refractivity contribution >= 4 is 58.5 Å². The summed E-state index contributed by atoms with van der Waals surface area (Å²) in [6, 6.07) is 14.1. The van der Waals surface area contributed by atoms with Gasteiger partial charge < -0.3 is 9.47 Å². The van der Waals surface area contributed by atoms with Crippen LogP contribution in [-0.2, 0) is 16.2 Å². The second kappa shape index (κ2) is 11.3. The maximum Gasteiger partial charge on any atom is 0.335 e. The van der Waals surface area contributed by atoms with Gasteiger partial charge >= 0.3 is 6.03 Å². The van der Waals surface area contributed by atoms with E-state index < -0.39 is 22.8 Å². The fourth-order valence-electron chi connectivity index (χ4n) is 3.61. The number of nitro groups is 1. The van der Waals surface area contributed by atoms with E-state index in [1.165, 1.54) is 36.4 Å². The minimum Gasteiger partial charge on any atom is -0.490 e. The highest BCUT2D eigenvalue weighted by molar-refractivity contribution is 6.43. The second-order valence-electron chi connectivity index (χ2n) is 7.91. The molecule has 1 heterocycles. The highest BCUT2D eigenvalue weighted by Crippen LogP contribution is 2.32. The van der Waals surface area contributed by atoms with Crippen LogP contribution in [-0.4, -0.2) is 29.4 Å². The number of hydrogen-bond acceptors (Lipinski definition) is 7. The van der Waals surface area contributed by atoms with E-state index in [1.807, 2.05) is 0 Å². The van der Waals surface area contributed by atoms with E-state index in [1.54, 1.807) is 37.3 Å². The van der Waals surface area contributed by atoms with Gasteiger partial charge in [-0.2, -0.15) is 0 Å². The molecule has 1 aliphatic heterocycles. The molecule has 0 aliphatic carbocycles. The second-order valence-corrected chi connectivity index (χ2v) is 8.73. The monoisotopic (exact) mass is 555 g/mol. The smallest absolute Gasteiger partial charge is 0.335 e. The summed E-state index contributed by atoms with van der Waals surface area (Å²) >= 11 is 12.0. The Hall–Kier alpha value is -4.41. The molecule has 0 unspecified atom stereocenters. The van der Waals surface area contributed by atoms with Crippen LogP contribution in [0.3, 0.4) is 0 Å². The summed E-state index contributed by atoms with van der Waals surface area (Å²) in [5, 5.41) is 13.5. The maximum absolute atomic E-state index is 13.2. The van der Waals surface area contributed by atoms with Crippen LogP contribution < -0.4 is 19.7 Å². The van der Waals surface area contributed by atoms with Crippen molar-refractivity contribution in [3.63, 3.8) is 0 Å². The summed E-state index contributed by atoms with van der Waals surface area (Å²) in [5.74, 6) is -1.03. The third-order valence-electron chi connectivity index (χ3n) is 5.36. The van der Waals surface area contributed by atoms with Crippen molar-refractivity contribution in [1.29, 1.82) is 0 Å². The Morgan fingerprint density at radius 1 is 0.974 bits per heavy atom. The standard InChI is InChI=1S/C26H19Cl2N3O7/c1-2-37-23-12-15(6-9-22(23)38-14-16-4-3-5-18(10-16)31(35)36)11-19-24(32)29-26(34)30(25(19)33)17-7-8-20(27)21(28)13-17/h3-13H,2,14H2,1H3,(H,29,32,34)/b19-11+. The average Bonchev–Trinajstić information content (AvgIpc) is 2.88. The topological polar surface area (TPSA) is 128 Å². The lowest BCUT2D eigenvalue weighted by Gasteiger charge is -2.26. The van der Waals surface area contributed by atoms with Gasteiger partial charge in [0.05, 0.1) is 27.3 Å². The molecule has 1 N–H and O–H groups in total. The molecule has 3 aromatic rings. The van der Waals surface area contributed by atoms with Crippen LogP contribution in [0.4, 0.5) is 16.2 Å². The lowest BCUT2D eigenvalue weighted by molar-refractivity contribution is -0.384. The Morgan fingerprint density at radius 3 is 2.47 bits per heavy atom. The Labute approximate surface area is 226 Å². The zero-order valence-corrected chi connectivity index (χ0v) is 21.3. The Bertz CT molecular complexity index is 1490. The number of ether oxygens (including phenoxy) is 2. The van der Waals surface area contributed by atoms with E-state index in [0.29, 0.717) is 29.2 Å². The summed E-state index contributed by atoms with van der Waals surface area (Å²) in [6.45, 7) is 2.12. The van der Waals surface area contributed by atoms with E-state index >= 15 is 0 Å². The number of nitro benzene ring substituents is 1. The van der Waals surface area contributed by atoms with Gasteiger partial charge in [-0.3, -0.25) is 25.0 Å². The molecule has 10 nitrogen and oxygen atoms in total. The first-order chi connectivity index (χ1) is 18.2. The Morgan fingerprint density at radius 2 is 1.76 bits per heavy atom. The predicted octanol–water partition coefficient (Wildman–Crippen LogP) is 5.55. The van der Waals surface area contributed by atoms with Crippen LogP contribution in [0.15, 0.2) is 66.2 Å². The Kier molecular flexibility index (Phi) is 7.94. The largest absolute Gasteiger partial charge is 0.490 e. The molecule has 1 saturated heterocycles. The zero-order valence-electron chi connectivity index (χ0n) is 19.8. The summed E-state index contributed by atoms with van der Waals surface area (Å²) in [7, 11) is 0. The van der Waals surface area contributed by atoms with E-state index in [0.717, 1.165) is 4.90 Å². The lowest BCUT2D eigenvalue weighted by atomic mass is 10.1. The highest BCUT2D eigenvalue weighted by Gasteiger charge is 2.37. The van der Waals surface area contributed by atoms with E-state index in [-0.39, 0.29) is 33.6 Å². The quantitative estimate of drug-likeness (QED) is 0.167. The molecule has 0 spiro atoms. The van der Waals surface area contributed by atoms with Crippen LogP contribution in [0.1, 0.15) is 18.1 Å². The van der Waals surface area contributed by atoms with Gasteiger partial charge in [0.25, 0.3) is 17.5 Å². The van der Waals surface area contributed by atoms with Crippen molar-refractivity contribution in [3.05, 3.63) is 97.5 Å². The molecule has 3 aromatic carbocycles. The number of anilines is 1. The molecule has 12 heteroatoms. The lowest BCUT2D eigenvalue weighted by Crippen LogP contribution is -2.54. The average molecular weight is 556 g/mol. The highest BCUT2D eigenvalue weighted by atomic mass is 35.5. The van der Waals surface area contributed by atoms with Gasteiger partial charge in [0.15, 0.2) is 11.5 Å². The molecule has 1 aliphatic rings. The third kappa shape index (κ3) is 5.77. The first-order valence-electron chi connectivity index (χ1n) is 11.2. The van der Waals surface area contributed by atoms with Crippen molar-refractivity contribution in [2.45, 2.75) is 13.5 Å². The summed E-state index contributed by atoms with van der Waals surface area (Å²) in [4.78, 5) is 49.4. The molecule has 4 amide bonds. The van der Waals surface area contributed by atoms with Crippen molar-refractivity contribution < 1.29 is 28.8 Å². The van der Waals surface area contributed by atoms with Crippen LogP contribution in [0.2, 0.25) is 10.0 Å². The van der Waals surface area contributed by atoms with Crippen LogP contribution in [0, 0.1) is 10.1 Å². The number of amides is 4. The number of benzene rings is 3. The molecular formula is C26H19Cl2N3O7. The minimum atomic E-state index is -0.921. The summed E-state index contributed by atoms with van der Waals surface area (Å²) < 4.78 is 11.5. The van der Waals surface area contributed by atoms with Gasteiger partial charge in [-0.15, -0.1) is 0 Å². The minimum absolute atomic E-state index is 0.0454. The van der Waals surface area contributed by atoms with Crippen molar-refractivity contribution in [3.8, 4) is 11.5 Å². The number of halogens is 2. The number of carbonyl (C=O) groups is 3. The predicted molar refractivity (Wildman–Crippen MR) is 141 cm³/mol. The number of nitrogens with one attached hydrogen (secondary N) is 1. The van der Waals surface area contributed by atoms with Gasteiger partial charge in [0.2, 0.25) is 0 Å². The maximum atomic E-state index is 13.2. The normalized spacial score (nSPS) is 14.4. The van der Waals surface area contributed by atoms with Gasteiger partial charge in [-0.05, 0) is 54.5 Å². The first kappa shape index (κ1) is 26.6. The Balaban J connectivity index is 1.61. The fraction of sp³-hybridized carbons (Fsp3) is 0.115. The number of urea groups is 1. The van der Waals surface area contributed by atoms with Gasteiger partial charge in [0.1, 0.15) is 12.2 Å². The fourth-order valence-corrected chi connectivity index (χ4v) is 3.90.